The summed E-state index contributed by atoms with van der Waals surface area (Å²) < 4.78 is 5.42. The molecule has 2 aliphatic rings. The van der Waals surface area contributed by atoms with Crippen molar-refractivity contribution in [3.05, 3.63) is 28.8 Å². The fourth-order valence-corrected chi connectivity index (χ4v) is 5.27. The van der Waals surface area contributed by atoms with Gasteiger partial charge in [-0.15, -0.1) is 0 Å². The monoisotopic (exact) mass is 542 g/mol. The molecule has 182 valence electrons. The van der Waals surface area contributed by atoms with E-state index in [4.69, 9.17) is 16.3 Å². The van der Waals surface area contributed by atoms with Crippen molar-refractivity contribution < 1.29 is 19.1 Å². The number of alkyl halides is 1. The second-order valence-corrected chi connectivity index (χ2v) is 11.3. The summed E-state index contributed by atoms with van der Waals surface area (Å²) in [6.45, 7) is 5.37. The smallest absolute Gasteiger partial charge is 0.407 e. The number of benzene rings is 1. The molecule has 0 saturated heterocycles. The second kappa shape index (κ2) is 10.1. The van der Waals surface area contributed by atoms with E-state index in [2.05, 4.69) is 31.9 Å². The van der Waals surface area contributed by atoms with Crippen LogP contribution in [0.5, 0.6) is 0 Å². The minimum atomic E-state index is -0.652. The van der Waals surface area contributed by atoms with Gasteiger partial charge in [-0.05, 0) is 63.8 Å². The molecule has 3 rings (SSSR count). The van der Waals surface area contributed by atoms with Crippen molar-refractivity contribution in [2.45, 2.75) is 68.6 Å². The van der Waals surface area contributed by atoms with Gasteiger partial charge in [0.1, 0.15) is 11.6 Å². The zero-order valence-corrected chi connectivity index (χ0v) is 21.9. The van der Waals surface area contributed by atoms with E-state index >= 15 is 0 Å². The van der Waals surface area contributed by atoms with E-state index in [0.717, 1.165) is 11.3 Å². The Hall–Kier alpha value is -2.00. The Balaban J connectivity index is 1.71. The van der Waals surface area contributed by atoms with Gasteiger partial charge in [-0.1, -0.05) is 27.5 Å². The first-order valence-electron chi connectivity index (χ1n) is 11.1. The molecular weight excluding hydrogens is 512 g/mol. The number of anilines is 1. The van der Waals surface area contributed by atoms with Crippen LogP contribution in [0.4, 0.5) is 10.5 Å². The SMILES string of the molecule is CN(C)C(=O)[C@H]1CC[C@H](NC(=O)C2Nc3ccc(Cl)cc3C2Br)[C@H](NC(=O)OC(C)(C)C)C1. The Labute approximate surface area is 208 Å². The highest BCUT2D eigenvalue weighted by Crippen LogP contribution is 2.41. The molecule has 1 fully saturated rings. The maximum absolute atomic E-state index is 13.2. The van der Waals surface area contributed by atoms with Crippen LogP contribution in [0.1, 0.15) is 50.4 Å². The molecule has 3 N–H and O–H groups in total. The number of carbonyl (C=O) groups excluding carboxylic acids is 3. The summed E-state index contributed by atoms with van der Waals surface area (Å²) in [5, 5.41) is 9.82. The van der Waals surface area contributed by atoms with E-state index in [1.54, 1.807) is 45.8 Å². The molecule has 0 bridgehead atoms. The summed E-state index contributed by atoms with van der Waals surface area (Å²) in [5.74, 6) is -0.406. The average molecular weight is 544 g/mol. The van der Waals surface area contributed by atoms with E-state index in [0.29, 0.717) is 24.3 Å². The summed E-state index contributed by atoms with van der Waals surface area (Å²) in [7, 11) is 3.44. The fraction of sp³-hybridized carbons (Fsp3) is 0.609. The van der Waals surface area contributed by atoms with Crippen LogP contribution >= 0.6 is 27.5 Å². The quantitative estimate of drug-likeness (QED) is 0.501. The van der Waals surface area contributed by atoms with Crippen molar-refractivity contribution in [2.75, 3.05) is 19.4 Å². The topological polar surface area (TPSA) is 99.8 Å². The molecule has 33 heavy (non-hydrogen) atoms. The Morgan fingerprint density at radius 2 is 1.85 bits per heavy atom. The van der Waals surface area contributed by atoms with Gasteiger partial charge < -0.3 is 25.6 Å². The molecular formula is C23H32BrClN4O4. The van der Waals surface area contributed by atoms with E-state index in [-0.39, 0.29) is 28.6 Å². The number of nitrogens with one attached hydrogen (secondary N) is 3. The molecule has 5 atom stereocenters. The van der Waals surface area contributed by atoms with Gasteiger partial charge in [0.05, 0.1) is 10.9 Å². The van der Waals surface area contributed by atoms with E-state index < -0.39 is 23.8 Å². The first kappa shape index (κ1) is 25.6. The Bertz CT molecular complexity index is 920. The van der Waals surface area contributed by atoms with Crippen molar-refractivity contribution in [3.8, 4) is 0 Å². The zero-order valence-electron chi connectivity index (χ0n) is 19.6. The lowest BCUT2D eigenvalue weighted by atomic mass is 9.81. The van der Waals surface area contributed by atoms with E-state index in [1.165, 1.54) is 0 Å². The standard InChI is InChI=1S/C23H32BrClN4O4/c1-23(2,3)33-22(32)28-17-10-12(21(31)29(4)5)6-8-16(17)27-20(30)19-18(24)14-11-13(25)7-9-15(14)26-19/h7,9,11-12,16-19,26H,6,8,10H2,1-5H3,(H,27,30)(H,28,32)/t12-,16-,17+,18?,19?/m0/s1. The highest BCUT2D eigenvalue weighted by Gasteiger charge is 2.40. The minimum absolute atomic E-state index is 0.0149. The number of hydrogen-bond acceptors (Lipinski definition) is 5. The number of ether oxygens (including phenoxy) is 1. The number of fused-ring (bicyclic) bond motifs is 1. The van der Waals surface area contributed by atoms with Crippen LogP contribution in [0.15, 0.2) is 18.2 Å². The van der Waals surface area contributed by atoms with Crippen molar-refractivity contribution in [1.29, 1.82) is 0 Å². The van der Waals surface area contributed by atoms with Crippen LogP contribution in [0.2, 0.25) is 5.02 Å². The van der Waals surface area contributed by atoms with Crippen LogP contribution in [0.3, 0.4) is 0 Å². The summed E-state index contributed by atoms with van der Waals surface area (Å²) in [6.07, 6.45) is 1.05. The molecule has 0 radical (unpaired) electrons. The lowest BCUT2D eigenvalue weighted by Crippen LogP contribution is -2.58. The van der Waals surface area contributed by atoms with Crippen LogP contribution in [0, 0.1) is 5.92 Å². The van der Waals surface area contributed by atoms with Crippen molar-refractivity contribution in [2.24, 2.45) is 5.92 Å². The maximum atomic E-state index is 13.2. The normalized spacial score (nSPS) is 26.6. The fourth-order valence-electron chi connectivity index (χ4n) is 4.34. The molecule has 0 aromatic heterocycles. The molecule has 1 heterocycles. The summed E-state index contributed by atoms with van der Waals surface area (Å²) in [4.78, 5) is 39.6. The van der Waals surface area contributed by atoms with Crippen LogP contribution < -0.4 is 16.0 Å². The van der Waals surface area contributed by atoms with Crippen molar-refractivity contribution >= 4 is 51.1 Å². The first-order valence-corrected chi connectivity index (χ1v) is 12.4. The van der Waals surface area contributed by atoms with Gasteiger partial charge in [-0.3, -0.25) is 9.59 Å². The predicted octanol–water partition coefficient (Wildman–Crippen LogP) is 3.84. The van der Waals surface area contributed by atoms with Gasteiger partial charge in [-0.2, -0.15) is 0 Å². The Morgan fingerprint density at radius 3 is 2.48 bits per heavy atom. The van der Waals surface area contributed by atoms with Gasteiger partial charge in [0.2, 0.25) is 11.8 Å². The molecule has 0 spiro atoms. The van der Waals surface area contributed by atoms with E-state index in [9.17, 15) is 14.4 Å². The second-order valence-electron chi connectivity index (χ2n) is 9.87. The third kappa shape index (κ3) is 6.32. The van der Waals surface area contributed by atoms with Crippen LogP contribution in [-0.4, -0.2) is 60.6 Å². The highest BCUT2D eigenvalue weighted by atomic mass is 79.9. The molecule has 1 aromatic carbocycles. The van der Waals surface area contributed by atoms with Gasteiger partial charge in [0.25, 0.3) is 0 Å². The molecule has 10 heteroatoms. The van der Waals surface area contributed by atoms with Crippen LogP contribution in [0.25, 0.3) is 0 Å². The number of carbonyl (C=O) groups is 3. The minimum Gasteiger partial charge on any atom is -0.444 e. The lowest BCUT2D eigenvalue weighted by Gasteiger charge is -2.38. The van der Waals surface area contributed by atoms with Gasteiger partial charge in [0.15, 0.2) is 0 Å². The molecule has 1 saturated carbocycles. The number of rotatable bonds is 4. The van der Waals surface area contributed by atoms with E-state index in [1.807, 2.05) is 12.1 Å². The lowest BCUT2D eigenvalue weighted by molar-refractivity contribution is -0.134. The van der Waals surface area contributed by atoms with Gasteiger partial charge in [-0.25, -0.2) is 4.79 Å². The number of halogens is 2. The third-order valence-corrected chi connectivity index (χ3v) is 7.12. The molecule has 1 aliphatic heterocycles. The maximum Gasteiger partial charge on any atom is 0.407 e. The van der Waals surface area contributed by atoms with Crippen molar-refractivity contribution in [3.63, 3.8) is 0 Å². The first-order chi connectivity index (χ1) is 15.4. The predicted molar refractivity (Wildman–Crippen MR) is 132 cm³/mol. The van der Waals surface area contributed by atoms with Crippen LogP contribution in [-0.2, 0) is 14.3 Å². The average Bonchev–Trinajstić information content (AvgIpc) is 3.03. The molecule has 1 aromatic rings. The largest absolute Gasteiger partial charge is 0.444 e. The third-order valence-electron chi connectivity index (χ3n) is 5.87. The summed E-state index contributed by atoms with van der Waals surface area (Å²) in [5.41, 5.74) is 1.12. The molecule has 2 unspecified atom stereocenters. The number of hydrogen-bond donors (Lipinski definition) is 3. The van der Waals surface area contributed by atoms with Gasteiger partial charge >= 0.3 is 6.09 Å². The summed E-state index contributed by atoms with van der Waals surface area (Å²) in [6, 6.07) is 4.17. The Kier molecular flexibility index (Phi) is 7.84. The zero-order chi connectivity index (χ0) is 24.5. The molecule has 1 aliphatic carbocycles. The number of alkyl carbamates (subject to hydrolysis) is 1. The summed E-state index contributed by atoms with van der Waals surface area (Å²) >= 11 is 9.73. The number of amides is 3. The molecule has 8 nitrogen and oxygen atoms in total. The van der Waals surface area contributed by atoms with Crippen molar-refractivity contribution in [1.82, 2.24) is 15.5 Å². The highest BCUT2D eigenvalue weighted by molar-refractivity contribution is 9.09. The van der Waals surface area contributed by atoms with Gasteiger partial charge in [0, 0.05) is 36.8 Å². The Morgan fingerprint density at radius 1 is 1.15 bits per heavy atom. The molecule has 3 amide bonds. The number of nitrogens with zero attached hydrogens (tertiary/aromatic N) is 1.